The summed E-state index contributed by atoms with van der Waals surface area (Å²) in [5, 5.41) is 3.48. The van der Waals surface area contributed by atoms with Gasteiger partial charge in [0.15, 0.2) is 0 Å². The third-order valence-corrected chi connectivity index (χ3v) is 6.14. The molecule has 5 heteroatoms. The molecule has 0 bridgehead atoms. The lowest BCUT2D eigenvalue weighted by molar-refractivity contribution is 0.182. The Balaban J connectivity index is 1.58. The number of aryl methyl sites for hydroxylation is 2. The second-order valence-electron chi connectivity index (χ2n) is 7.76. The zero-order valence-corrected chi connectivity index (χ0v) is 15.1. The van der Waals surface area contributed by atoms with Crippen molar-refractivity contribution in [1.82, 2.24) is 19.8 Å². The summed E-state index contributed by atoms with van der Waals surface area (Å²) < 4.78 is 15.8. The first-order valence-electron chi connectivity index (χ1n) is 9.23. The second-order valence-corrected chi connectivity index (χ2v) is 7.76. The van der Waals surface area contributed by atoms with Gasteiger partial charge in [-0.05, 0) is 68.0 Å². The lowest BCUT2D eigenvalue weighted by Gasteiger charge is -2.30. The smallest absolute Gasteiger partial charge is 0.123 e. The fourth-order valence-corrected chi connectivity index (χ4v) is 4.34. The Morgan fingerprint density at radius 3 is 2.84 bits per heavy atom. The van der Waals surface area contributed by atoms with Gasteiger partial charge in [-0.2, -0.15) is 0 Å². The Kier molecular flexibility index (Phi) is 4.38. The van der Waals surface area contributed by atoms with Crippen LogP contribution in [0.15, 0.2) is 30.6 Å². The topological polar surface area (TPSA) is 33.1 Å². The first-order valence-corrected chi connectivity index (χ1v) is 9.23. The second kappa shape index (κ2) is 6.54. The van der Waals surface area contributed by atoms with Crippen LogP contribution in [0.4, 0.5) is 4.39 Å². The van der Waals surface area contributed by atoms with Crippen LogP contribution in [-0.4, -0.2) is 33.6 Å². The predicted octanol–water partition coefficient (Wildman–Crippen LogP) is 3.01. The first-order chi connectivity index (χ1) is 12.1. The van der Waals surface area contributed by atoms with Crippen molar-refractivity contribution in [2.75, 3.05) is 13.1 Å². The van der Waals surface area contributed by atoms with Crippen molar-refractivity contribution < 1.29 is 4.39 Å². The van der Waals surface area contributed by atoms with E-state index in [2.05, 4.69) is 26.7 Å². The van der Waals surface area contributed by atoms with Gasteiger partial charge in [-0.25, -0.2) is 9.37 Å². The number of aromatic nitrogens is 2. The highest BCUT2D eigenvalue weighted by Crippen LogP contribution is 2.56. The molecule has 1 aliphatic carbocycles. The molecule has 1 atom stereocenters. The monoisotopic (exact) mass is 342 g/mol. The van der Waals surface area contributed by atoms with E-state index in [-0.39, 0.29) is 5.82 Å². The van der Waals surface area contributed by atoms with Crippen molar-refractivity contribution in [3.05, 3.63) is 53.4 Å². The van der Waals surface area contributed by atoms with Crippen LogP contribution in [0, 0.1) is 18.2 Å². The molecule has 2 fully saturated rings. The van der Waals surface area contributed by atoms with Crippen LogP contribution < -0.4 is 5.32 Å². The standard InChI is InChI=1S/C20H27FN4/c1-15-3-4-17(21)11-16(15)13-25(14-19-23-9-10-24(19)2)18-12-20(18)5-7-22-8-6-20/h3-4,9-11,18,22H,5-8,12-14H2,1-2H3. The van der Waals surface area contributed by atoms with Crippen molar-refractivity contribution >= 4 is 0 Å². The van der Waals surface area contributed by atoms with Crippen LogP contribution in [0.5, 0.6) is 0 Å². The number of nitrogens with one attached hydrogen (secondary N) is 1. The van der Waals surface area contributed by atoms with Crippen LogP contribution in [0.1, 0.15) is 36.2 Å². The van der Waals surface area contributed by atoms with Gasteiger partial charge >= 0.3 is 0 Å². The van der Waals surface area contributed by atoms with E-state index in [0.717, 1.165) is 43.1 Å². The lowest BCUT2D eigenvalue weighted by Crippen LogP contribution is -2.36. The molecule has 1 aliphatic heterocycles. The average molecular weight is 342 g/mol. The summed E-state index contributed by atoms with van der Waals surface area (Å²) in [6.07, 6.45) is 7.60. The van der Waals surface area contributed by atoms with Crippen LogP contribution in [0.3, 0.4) is 0 Å². The minimum Gasteiger partial charge on any atom is -0.337 e. The predicted molar refractivity (Wildman–Crippen MR) is 96.5 cm³/mol. The molecule has 134 valence electrons. The summed E-state index contributed by atoms with van der Waals surface area (Å²) in [5.41, 5.74) is 2.70. The maximum absolute atomic E-state index is 13.8. The number of nitrogens with zero attached hydrogens (tertiary/aromatic N) is 3. The highest BCUT2D eigenvalue weighted by atomic mass is 19.1. The Hall–Kier alpha value is -1.72. The fourth-order valence-electron chi connectivity index (χ4n) is 4.34. The number of benzene rings is 1. The maximum atomic E-state index is 13.8. The van der Waals surface area contributed by atoms with Gasteiger partial charge in [0.2, 0.25) is 0 Å². The Labute approximate surface area is 149 Å². The van der Waals surface area contributed by atoms with E-state index in [1.54, 1.807) is 12.1 Å². The number of piperidine rings is 1. The first kappa shape index (κ1) is 16.7. The van der Waals surface area contributed by atoms with Crippen molar-refractivity contribution in [3.63, 3.8) is 0 Å². The zero-order chi connectivity index (χ0) is 17.4. The van der Waals surface area contributed by atoms with Gasteiger partial charge in [-0.3, -0.25) is 4.90 Å². The van der Waals surface area contributed by atoms with Crippen LogP contribution in [0.2, 0.25) is 0 Å². The van der Waals surface area contributed by atoms with Gasteiger partial charge in [-0.15, -0.1) is 0 Å². The SMILES string of the molecule is Cc1ccc(F)cc1CN(Cc1nccn1C)C1CC12CCNCC2. The van der Waals surface area contributed by atoms with Gasteiger partial charge in [0, 0.05) is 32.0 Å². The van der Waals surface area contributed by atoms with Crippen molar-refractivity contribution in [2.24, 2.45) is 12.5 Å². The summed E-state index contributed by atoms with van der Waals surface area (Å²) >= 11 is 0. The molecule has 0 radical (unpaired) electrons. The largest absolute Gasteiger partial charge is 0.337 e. The Bertz CT molecular complexity index is 748. The molecule has 2 aromatic rings. The van der Waals surface area contributed by atoms with Gasteiger partial charge < -0.3 is 9.88 Å². The molecule has 2 heterocycles. The average Bonchev–Trinajstić information content (AvgIpc) is 3.13. The molecule has 1 unspecified atom stereocenters. The molecule has 4 nitrogen and oxygen atoms in total. The normalized spacial score (nSPS) is 21.8. The number of rotatable bonds is 5. The third kappa shape index (κ3) is 3.35. The summed E-state index contributed by atoms with van der Waals surface area (Å²) in [7, 11) is 2.04. The summed E-state index contributed by atoms with van der Waals surface area (Å²) in [6, 6.07) is 5.71. The molecule has 1 saturated carbocycles. The molecule has 1 spiro atoms. The molecule has 4 rings (SSSR count). The quantitative estimate of drug-likeness (QED) is 0.907. The van der Waals surface area contributed by atoms with Gasteiger partial charge in [0.25, 0.3) is 0 Å². The molecule has 1 saturated heterocycles. The Morgan fingerprint density at radius 1 is 1.32 bits per heavy atom. The van der Waals surface area contributed by atoms with Crippen molar-refractivity contribution in [3.8, 4) is 0 Å². The minimum atomic E-state index is -0.148. The van der Waals surface area contributed by atoms with E-state index in [9.17, 15) is 4.39 Å². The van der Waals surface area contributed by atoms with Crippen LogP contribution in [-0.2, 0) is 20.1 Å². The van der Waals surface area contributed by atoms with Crippen molar-refractivity contribution in [1.29, 1.82) is 0 Å². The van der Waals surface area contributed by atoms with Gasteiger partial charge in [-0.1, -0.05) is 6.07 Å². The number of halogens is 1. The highest BCUT2D eigenvalue weighted by Gasteiger charge is 2.56. The molecule has 1 N–H and O–H groups in total. The van der Waals surface area contributed by atoms with E-state index < -0.39 is 0 Å². The van der Waals surface area contributed by atoms with E-state index >= 15 is 0 Å². The van der Waals surface area contributed by atoms with E-state index in [1.807, 2.05) is 25.5 Å². The van der Waals surface area contributed by atoms with Crippen molar-refractivity contribution in [2.45, 2.75) is 45.3 Å². The number of hydrogen-bond donors (Lipinski definition) is 1. The van der Waals surface area contributed by atoms with E-state index in [1.165, 1.54) is 19.3 Å². The maximum Gasteiger partial charge on any atom is 0.123 e. The molecule has 2 aliphatic rings. The number of hydrogen-bond acceptors (Lipinski definition) is 3. The van der Waals surface area contributed by atoms with Gasteiger partial charge in [0.05, 0.1) is 6.54 Å². The minimum absolute atomic E-state index is 0.148. The molecule has 0 amide bonds. The summed E-state index contributed by atoms with van der Waals surface area (Å²) in [5.74, 6) is 0.926. The molecule has 1 aromatic carbocycles. The fraction of sp³-hybridized carbons (Fsp3) is 0.550. The molecular weight excluding hydrogens is 315 g/mol. The van der Waals surface area contributed by atoms with E-state index in [0.29, 0.717) is 11.5 Å². The van der Waals surface area contributed by atoms with Gasteiger partial charge in [0.1, 0.15) is 11.6 Å². The summed E-state index contributed by atoms with van der Waals surface area (Å²) in [6.45, 7) is 5.91. The summed E-state index contributed by atoms with van der Waals surface area (Å²) in [4.78, 5) is 7.04. The van der Waals surface area contributed by atoms with E-state index in [4.69, 9.17) is 0 Å². The lowest BCUT2D eigenvalue weighted by atomic mass is 9.93. The number of imidazole rings is 1. The van der Waals surface area contributed by atoms with Crippen LogP contribution >= 0.6 is 0 Å². The Morgan fingerprint density at radius 2 is 2.12 bits per heavy atom. The third-order valence-electron chi connectivity index (χ3n) is 6.14. The molecule has 1 aromatic heterocycles. The molecule has 25 heavy (non-hydrogen) atoms. The molecular formula is C20H27FN4. The van der Waals surface area contributed by atoms with Crippen LogP contribution in [0.25, 0.3) is 0 Å². The highest BCUT2D eigenvalue weighted by molar-refractivity contribution is 5.27. The zero-order valence-electron chi connectivity index (χ0n) is 15.1.